The van der Waals surface area contributed by atoms with Crippen LogP contribution < -0.4 is 5.32 Å². The summed E-state index contributed by atoms with van der Waals surface area (Å²) in [6.07, 6.45) is 7.88. The van der Waals surface area contributed by atoms with Crippen LogP contribution in [-0.2, 0) is 11.2 Å². The summed E-state index contributed by atoms with van der Waals surface area (Å²) < 4.78 is 0. The van der Waals surface area contributed by atoms with Gasteiger partial charge in [0.25, 0.3) is 0 Å². The van der Waals surface area contributed by atoms with Crippen molar-refractivity contribution in [3.8, 4) is 22.5 Å². The van der Waals surface area contributed by atoms with Crippen molar-refractivity contribution in [3.05, 3.63) is 83.8 Å². The number of nitrogens with one attached hydrogen (secondary N) is 2. The number of carbonyl (C=O) groups excluding carboxylic acids is 1. The molecule has 2 heterocycles. The maximum atomic E-state index is 12.8. The summed E-state index contributed by atoms with van der Waals surface area (Å²) >= 11 is 0. The first-order valence-corrected chi connectivity index (χ1v) is 11.6. The smallest absolute Gasteiger partial charge is 0.250 e. The molecule has 1 amide bonds. The van der Waals surface area contributed by atoms with Crippen LogP contribution in [-0.4, -0.2) is 55.8 Å². The number of likely N-dealkylation sites (N-methyl/N-ethyl adjacent to an activating group) is 1. The molecular formula is C27H26N6O2. The fourth-order valence-corrected chi connectivity index (χ4v) is 4.22. The van der Waals surface area contributed by atoms with Crippen molar-refractivity contribution < 1.29 is 9.90 Å². The molecule has 3 N–H and O–H groups in total. The number of nitrogens with zero attached hydrogens (tertiary/aromatic N) is 4. The number of anilines is 2. The largest absolute Gasteiger partial charge is 0.395 e. The molecule has 0 bridgehead atoms. The van der Waals surface area contributed by atoms with E-state index in [0.29, 0.717) is 31.2 Å². The van der Waals surface area contributed by atoms with Crippen LogP contribution >= 0.6 is 0 Å². The number of rotatable bonds is 8. The molecule has 0 atom stereocenters. The topological polar surface area (TPSA) is 107 Å². The second-order valence-electron chi connectivity index (χ2n) is 8.32. The molecule has 0 spiro atoms. The number of fused-ring (bicyclic) bond motifs is 1. The molecule has 0 unspecified atom stereocenters. The zero-order chi connectivity index (χ0) is 24.2. The molecule has 0 aliphatic heterocycles. The third kappa shape index (κ3) is 4.83. The first-order chi connectivity index (χ1) is 17.1. The van der Waals surface area contributed by atoms with Crippen molar-refractivity contribution >= 4 is 23.5 Å². The minimum Gasteiger partial charge on any atom is -0.395 e. The van der Waals surface area contributed by atoms with E-state index in [0.717, 1.165) is 39.1 Å². The van der Waals surface area contributed by atoms with Crippen LogP contribution in [0.15, 0.2) is 72.7 Å². The van der Waals surface area contributed by atoms with E-state index < -0.39 is 0 Å². The average Bonchev–Trinajstić information content (AvgIpc) is 3.57. The van der Waals surface area contributed by atoms with E-state index in [1.807, 2.05) is 67.7 Å². The van der Waals surface area contributed by atoms with E-state index in [2.05, 4.69) is 20.5 Å². The lowest BCUT2D eigenvalue weighted by Gasteiger charge is -2.20. The first kappa shape index (κ1) is 22.5. The maximum absolute atomic E-state index is 12.8. The lowest BCUT2D eigenvalue weighted by Crippen LogP contribution is -2.34. The molecule has 2 aromatic heterocycles. The fraction of sp³-hybridized carbons (Fsp3) is 0.185. The van der Waals surface area contributed by atoms with Gasteiger partial charge in [0, 0.05) is 54.3 Å². The molecule has 4 aromatic rings. The Morgan fingerprint density at radius 2 is 1.94 bits per heavy atom. The zero-order valence-electron chi connectivity index (χ0n) is 19.4. The number of aliphatic hydroxyl groups excluding tert-OH is 1. The molecule has 8 heteroatoms. The number of carbonyl (C=O) groups is 1. The van der Waals surface area contributed by atoms with Crippen molar-refractivity contribution in [2.45, 2.75) is 13.3 Å². The molecular weight excluding hydrogens is 440 g/mol. The summed E-state index contributed by atoms with van der Waals surface area (Å²) in [5, 5.41) is 19.4. The van der Waals surface area contributed by atoms with Crippen LogP contribution in [0, 0.1) is 0 Å². The molecule has 1 aliphatic carbocycles. The van der Waals surface area contributed by atoms with Crippen molar-refractivity contribution in [1.29, 1.82) is 0 Å². The summed E-state index contributed by atoms with van der Waals surface area (Å²) in [5.74, 6) is 1.28. The van der Waals surface area contributed by atoms with E-state index in [1.165, 1.54) is 0 Å². The molecule has 0 saturated heterocycles. The number of benzene rings is 2. The molecule has 8 nitrogen and oxygen atoms in total. The Kier molecular flexibility index (Phi) is 6.36. The van der Waals surface area contributed by atoms with Crippen LogP contribution in [0.2, 0.25) is 0 Å². The highest BCUT2D eigenvalue weighted by atomic mass is 16.3. The Morgan fingerprint density at radius 3 is 2.69 bits per heavy atom. The van der Waals surface area contributed by atoms with Crippen LogP contribution in [0.1, 0.15) is 18.1 Å². The van der Waals surface area contributed by atoms with Gasteiger partial charge in [-0.3, -0.25) is 9.89 Å². The summed E-state index contributed by atoms with van der Waals surface area (Å²) in [6, 6.07) is 15.9. The minimum atomic E-state index is -0.0415. The standard InChI is InChI=1S/C27H26N6O2/c1-2-33(11-12-34)27(35)22-13-19-3-4-20(14-21(19)15-22)26-28-10-9-25(32-26)31-24-7-5-18(6-8-24)23-16-29-30-17-23/h3-10,13-14,16-17,34H,2,11-12,15H2,1H3,(H,29,30)(H,28,31,32). The Hall–Kier alpha value is -4.30. The van der Waals surface area contributed by atoms with Gasteiger partial charge in [0.2, 0.25) is 5.91 Å². The fourth-order valence-electron chi connectivity index (χ4n) is 4.22. The number of hydrogen-bond donors (Lipinski definition) is 3. The quantitative estimate of drug-likeness (QED) is 0.362. The Morgan fingerprint density at radius 1 is 1.11 bits per heavy atom. The zero-order valence-corrected chi connectivity index (χ0v) is 19.4. The van der Waals surface area contributed by atoms with Gasteiger partial charge in [-0.2, -0.15) is 5.10 Å². The van der Waals surface area contributed by atoms with E-state index in [1.54, 1.807) is 17.3 Å². The highest BCUT2D eigenvalue weighted by molar-refractivity contribution is 6.00. The maximum Gasteiger partial charge on any atom is 0.250 e. The van der Waals surface area contributed by atoms with Crippen molar-refractivity contribution in [2.24, 2.45) is 0 Å². The van der Waals surface area contributed by atoms with Crippen LogP contribution in [0.5, 0.6) is 0 Å². The summed E-state index contributed by atoms with van der Waals surface area (Å²) in [6.45, 7) is 2.78. The van der Waals surface area contributed by atoms with Gasteiger partial charge in [-0.25, -0.2) is 9.97 Å². The number of H-pyrrole nitrogens is 1. The lowest BCUT2D eigenvalue weighted by atomic mass is 10.0. The minimum absolute atomic E-state index is 0.0273. The lowest BCUT2D eigenvalue weighted by molar-refractivity contribution is -0.127. The molecule has 1 aliphatic rings. The molecule has 5 rings (SSSR count). The molecule has 0 radical (unpaired) electrons. The molecule has 0 fully saturated rings. The van der Waals surface area contributed by atoms with Gasteiger partial charge in [0.1, 0.15) is 5.82 Å². The van der Waals surface area contributed by atoms with Crippen molar-refractivity contribution in [1.82, 2.24) is 25.1 Å². The first-order valence-electron chi connectivity index (χ1n) is 11.6. The SMILES string of the molecule is CCN(CCO)C(=O)C1=Cc2ccc(-c3nccc(Nc4ccc(-c5cn[nH]c5)cc4)n3)cc2C1. The third-order valence-corrected chi connectivity index (χ3v) is 6.07. The van der Waals surface area contributed by atoms with E-state index in [9.17, 15) is 9.90 Å². The predicted octanol–water partition coefficient (Wildman–Crippen LogP) is 4.06. The molecule has 176 valence electrons. The second-order valence-corrected chi connectivity index (χ2v) is 8.32. The van der Waals surface area contributed by atoms with Gasteiger partial charge in [-0.1, -0.05) is 24.3 Å². The van der Waals surface area contributed by atoms with Crippen molar-refractivity contribution in [2.75, 3.05) is 25.0 Å². The normalized spacial score (nSPS) is 12.2. The number of aromatic amines is 1. The Balaban J connectivity index is 1.30. The summed E-state index contributed by atoms with van der Waals surface area (Å²) in [7, 11) is 0. The van der Waals surface area contributed by atoms with Crippen molar-refractivity contribution in [3.63, 3.8) is 0 Å². The Bertz CT molecular complexity index is 1360. The molecule has 35 heavy (non-hydrogen) atoms. The second kappa shape index (κ2) is 9.90. The highest BCUT2D eigenvalue weighted by Gasteiger charge is 2.23. The monoisotopic (exact) mass is 466 g/mol. The van der Waals surface area contributed by atoms with E-state index in [4.69, 9.17) is 4.98 Å². The van der Waals surface area contributed by atoms with Crippen LogP contribution in [0.4, 0.5) is 11.5 Å². The van der Waals surface area contributed by atoms with Gasteiger partial charge in [0.05, 0.1) is 12.8 Å². The van der Waals surface area contributed by atoms with Gasteiger partial charge in [-0.05, 0) is 54.0 Å². The third-order valence-electron chi connectivity index (χ3n) is 6.07. The van der Waals surface area contributed by atoms with E-state index >= 15 is 0 Å². The van der Waals surface area contributed by atoms with Crippen LogP contribution in [0.25, 0.3) is 28.6 Å². The Labute approximate surface area is 203 Å². The average molecular weight is 467 g/mol. The molecule has 2 aromatic carbocycles. The summed E-state index contributed by atoms with van der Waals surface area (Å²) in [4.78, 5) is 23.6. The van der Waals surface area contributed by atoms with Gasteiger partial charge < -0.3 is 15.3 Å². The number of aromatic nitrogens is 4. The van der Waals surface area contributed by atoms with Gasteiger partial charge in [0.15, 0.2) is 5.82 Å². The summed E-state index contributed by atoms with van der Waals surface area (Å²) in [5.41, 5.74) is 6.77. The number of hydrogen-bond acceptors (Lipinski definition) is 6. The number of amides is 1. The predicted molar refractivity (Wildman–Crippen MR) is 136 cm³/mol. The highest BCUT2D eigenvalue weighted by Crippen LogP contribution is 2.30. The van der Waals surface area contributed by atoms with E-state index in [-0.39, 0.29) is 12.5 Å². The van der Waals surface area contributed by atoms with Gasteiger partial charge in [-0.15, -0.1) is 0 Å². The van der Waals surface area contributed by atoms with Crippen LogP contribution in [0.3, 0.4) is 0 Å². The molecule has 0 saturated carbocycles. The number of aliphatic hydroxyl groups is 1. The van der Waals surface area contributed by atoms with Gasteiger partial charge >= 0.3 is 0 Å².